The second kappa shape index (κ2) is 4.97. The lowest BCUT2D eigenvalue weighted by Gasteiger charge is -2.20. The molecule has 1 rings (SSSR count). The minimum absolute atomic E-state index is 0.0532. The van der Waals surface area contributed by atoms with Crippen molar-refractivity contribution in [2.24, 2.45) is 0 Å². The van der Waals surface area contributed by atoms with Gasteiger partial charge >= 0.3 is 0 Å². The van der Waals surface area contributed by atoms with E-state index in [9.17, 15) is 16.8 Å². The van der Waals surface area contributed by atoms with Crippen LogP contribution in [0.3, 0.4) is 0 Å². The van der Waals surface area contributed by atoms with Crippen LogP contribution in [0.25, 0.3) is 0 Å². The van der Waals surface area contributed by atoms with Crippen molar-refractivity contribution in [3.63, 3.8) is 0 Å². The standard InChI is InChI=1S/C7H8BrIN2O4S2/c1-16(12,13)11(17(2,14)15)6-3-7(8)10-4-5(6)9/h3-4H,1-2H3. The molecular weight excluding hydrogens is 447 g/mol. The fraction of sp³-hybridized carbons (Fsp3) is 0.286. The van der Waals surface area contributed by atoms with Crippen molar-refractivity contribution in [1.82, 2.24) is 4.98 Å². The third-order valence-corrected chi connectivity index (χ3v) is 6.09. The molecule has 0 aliphatic heterocycles. The van der Waals surface area contributed by atoms with Crippen LogP contribution in [0.2, 0.25) is 0 Å². The molecule has 1 heterocycles. The maximum Gasteiger partial charge on any atom is 0.245 e. The highest BCUT2D eigenvalue weighted by molar-refractivity contribution is 14.1. The summed E-state index contributed by atoms with van der Waals surface area (Å²) in [5.41, 5.74) is 0.0532. The number of pyridine rings is 1. The molecule has 0 radical (unpaired) electrons. The molecular formula is C7H8BrIN2O4S2. The first-order chi connectivity index (χ1) is 7.53. The van der Waals surface area contributed by atoms with Crippen LogP contribution in [-0.4, -0.2) is 34.3 Å². The van der Waals surface area contributed by atoms with E-state index in [0.29, 0.717) is 11.9 Å². The van der Waals surface area contributed by atoms with E-state index in [1.165, 1.54) is 12.3 Å². The second-order valence-corrected chi connectivity index (χ2v) is 9.05. The Balaban J connectivity index is 3.61. The highest BCUT2D eigenvalue weighted by Crippen LogP contribution is 2.28. The summed E-state index contributed by atoms with van der Waals surface area (Å²) in [6.45, 7) is 0. The number of halogens is 2. The van der Waals surface area contributed by atoms with Crippen molar-refractivity contribution in [3.05, 3.63) is 20.4 Å². The third-order valence-electron chi connectivity index (χ3n) is 1.60. The zero-order valence-corrected chi connectivity index (χ0v) is 14.1. The molecule has 0 saturated heterocycles. The van der Waals surface area contributed by atoms with Gasteiger partial charge in [-0.25, -0.2) is 21.8 Å². The topological polar surface area (TPSA) is 84.4 Å². The summed E-state index contributed by atoms with van der Waals surface area (Å²) in [6.07, 6.45) is 3.04. The van der Waals surface area contributed by atoms with Crippen molar-refractivity contribution in [3.8, 4) is 0 Å². The maximum absolute atomic E-state index is 11.5. The number of nitrogens with zero attached hydrogens (tertiary/aromatic N) is 2. The zero-order valence-electron chi connectivity index (χ0n) is 8.75. The van der Waals surface area contributed by atoms with E-state index in [-0.39, 0.29) is 5.69 Å². The highest BCUT2D eigenvalue weighted by atomic mass is 127. The molecule has 0 N–H and O–H groups in total. The van der Waals surface area contributed by atoms with Crippen LogP contribution in [-0.2, 0) is 20.0 Å². The molecule has 0 aliphatic rings. The first-order valence-corrected chi connectivity index (χ1v) is 9.62. The fourth-order valence-electron chi connectivity index (χ4n) is 1.15. The van der Waals surface area contributed by atoms with Gasteiger partial charge in [0.2, 0.25) is 20.0 Å². The number of hydrogen-bond acceptors (Lipinski definition) is 5. The average molecular weight is 455 g/mol. The average Bonchev–Trinajstić information content (AvgIpc) is 2.06. The molecule has 0 aliphatic carbocycles. The molecule has 0 saturated carbocycles. The van der Waals surface area contributed by atoms with E-state index < -0.39 is 20.0 Å². The van der Waals surface area contributed by atoms with Gasteiger partial charge in [-0.1, -0.05) is 0 Å². The number of aromatic nitrogens is 1. The largest absolute Gasteiger partial charge is 0.248 e. The Morgan fingerprint density at radius 1 is 1.24 bits per heavy atom. The van der Waals surface area contributed by atoms with E-state index in [1.54, 1.807) is 0 Å². The molecule has 17 heavy (non-hydrogen) atoms. The predicted molar refractivity (Wildman–Crippen MR) is 76.8 cm³/mol. The molecule has 0 fully saturated rings. The van der Waals surface area contributed by atoms with Gasteiger partial charge in [0.05, 0.1) is 21.8 Å². The molecule has 0 spiro atoms. The van der Waals surface area contributed by atoms with Crippen LogP contribution in [0.15, 0.2) is 16.9 Å². The van der Waals surface area contributed by atoms with Gasteiger partial charge < -0.3 is 0 Å². The van der Waals surface area contributed by atoms with E-state index in [4.69, 9.17) is 0 Å². The summed E-state index contributed by atoms with van der Waals surface area (Å²) in [5, 5.41) is 0. The number of rotatable bonds is 3. The summed E-state index contributed by atoms with van der Waals surface area (Å²) in [6, 6.07) is 1.34. The van der Waals surface area contributed by atoms with Crippen LogP contribution in [0.5, 0.6) is 0 Å². The van der Waals surface area contributed by atoms with Gasteiger partial charge in [-0.3, -0.25) is 0 Å². The maximum atomic E-state index is 11.5. The monoisotopic (exact) mass is 454 g/mol. The second-order valence-electron chi connectivity index (χ2n) is 3.18. The molecule has 0 atom stereocenters. The Morgan fingerprint density at radius 3 is 2.12 bits per heavy atom. The van der Waals surface area contributed by atoms with E-state index >= 15 is 0 Å². The van der Waals surface area contributed by atoms with Gasteiger partial charge in [-0.05, 0) is 44.6 Å². The Bertz CT molecular complexity index is 612. The van der Waals surface area contributed by atoms with Crippen molar-refractivity contribution >= 4 is 64.3 Å². The molecule has 0 unspecified atom stereocenters. The van der Waals surface area contributed by atoms with E-state index in [2.05, 4.69) is 20.9 Å². The van der Waals surface area contributed by atoms with Gasteiger partial charge in [-0.2, -0.15) is 3.71 Å². The van der Waals surface area contributed by atoms with Crippen molar-refractivity contribution in [2.75, 3.05) is 16.2 Å². The van der Waals surface area contributed by atoms with Crippen molar-refractivity contribution < 1.29 is 16.8 Å². The normalized spacial score (nSPS) is 12.5. The SMILES string of the molecule is CS(=O)(=O)N(c1cc(Br)ncc1I)S(C)(=O)=O. The van der Waals surface area contributed by atoms with E-state index in [1.807, 2.05) is 22.6 Å². The Morgan fingerprint density at radius 2 is 1.71 bits per heavy atom. The lowest BCUT2D eigenvalue weighted by molar-refractivity contribution is 0.590. The summed E-state index contributed by atoms with van der Waals surface area (Å²) in [4.78, 5) is 3.88. The quantitative estimate of drug-likeness (QED) is 0.505. The number of hydrogen-bond donors (Lipinski definition) is 0. The molecule has 10 heteroatoms. The zero-order chi connectivity index (χ0) is 13.4. The van der Waals surface area contributed by atoms with Gasteiger partial charge in [-0.15, -0.1) is 0 Å². The fourth-order valence-corrected chi connectivity index (χ4v) is 5.31. The smallest absolute Gasteiger partial charge is 0.245 e. The molecule has 6 nitrogen and oxygen atoms in total. The van der Waals surface area contributed by atoms with Gasteiger partial charge in [0.1, 0.15) is 4.60 Å². The lowest BCUT2D eigenvalue weighted by atomic mass is 10.4. The molecule has 0 aromatic carbocycles. The van der Waals surface area contributed by atoms with E-state index in [0.717, 1.165) is 12.5 Å². The molecule has 0 amide bonds. The molecule has 1 aromatic heterocycles. The summed E-state index contributed by atoms with van der Waals surface area (Å²) >= 11 is 4.89. The van der Waals surface area contributed by atoms with Crippen LogP contribution in [0.4, 0.5) is 5.69 Å². The minimum Gasteiger partial charge on any atom is -0.248 e. The summed E-state index contributed by atoms with van der Waals surface area (Å²) in [5.74, 6) is 0. The first-order valence-electron chi connectivity index (χ1n) is 4.05. The number of anilines is 1. The Kier molecular flexibility index (Phi) is 4.42. The van der Waals surface area contributed by atoms with Gasteiger partial charge in [0.15, 0.2) is 0 Å². The Labute approximate surface area is 122 Å². The number of sulfonamides is 2. The summed E-state index contributed by atoms with van der Waals surface area (Å²) in [7, 11) is -7.85. The molecule has 1 aromatic rings. The first kappa shape index (κ1) is 15.1. The van der Waals surface area contributed by atoms with Gasteiger partial charge in [0, 0.05) is 6.20 Å². The molecule has 0 bridgehead atoms. The minimum atomic E-state index is -3.92. The highest BCUT2D eigenvalue weighted by Gasteiger charge is 2.29. The van der Waals surface area contributed by atoms with Crippen LogP contribution >= 0.6 is 38.5 Å². The van der Waals surface area contributed by atoms with Crippen LogP contribution < -0.4 is 3.71 Å². The Hall–Kier alpha value is 0.0600. The molecule has 96 valence electrons. The van der Waals surface area contributed by atoms with Gasteiger partial charge in [0.25, 0.3) is 0 Å². The van der Waals surface area contributed by atoms with Crippen molar-refractivity contribution in [2.45, 2.75) is 0 Å². The third kappa shape index (κ3) is 3.76. The van der Waals surface area contributed by atoms with Crippen LogP contribution in [0, 0.1) is 3.57 Å². The lowest BCUT2D eigenvalue weighted by Crippen LogP contribution is -2.35. The predicted octanol–water partition coefficient (Wildman–Crippen LogP) is 1.17. The van der Waals surface area contributed by atoms with Crippen LogP contribution in [0.1, 0.15) is 0 Å². The van der Waals surface area contributed by atoms with Crippen molar-refractivity contribution in [1.29, 1.82) is 0 Å². The summed E-state index contributed by atoms with van der Waals surface area (Å²) < 4.78 is 47.4.